The van der Waals surface area contributed by atoms with Gasteiger partial charge in [0.05, 0.1) is 12.1 Å². The van der Waals surface area contributed by atoms with E-state index in [0.29, 0.717) is 15.9 Å². The molecule has 2 aromatic rings. The number of carboxylic acids is 1. The third-order valence-corrected chi connectivity index (χ3v) is 2.96. The van der Waals surface area contributed by atoms with Gasteiger partial charge in [0.2, 0.25) is 0 Å². The van der Waals surface area contributed by atoms with Gasteiger partial charge in [-0.3, -0.25) is 4.79 Å². The molecule has 0 aliphatic heterocycles. The summed E-state index contributed by atoms with van der Waals surface area (Å²) in [4.78, 5) is 14.9. The average Bonchev–Trinajstić information content (AvgIpc) is 2.56. The summed E-state index contributed by atoms with van der Waals surface area (Å²) in [5.74, 6) is -0.194. The molecule has 2 rings (SSSR count). The van der Waals surface area contributed by atoms with Crippen LogP contribution in [0.2, 0.25) is 0 Å². The number of nitrogens with one attached hydrogen (secondary N) is 1. The zero-order valence-electron chi connectivity index (χ0n) is 9.14. The van der Waals surface area contributed by atoms with Gasteiger partial charge < -0.3 is 10.4 Å². The highest BCUT2D eigenvalue weighted by atomic mass is 79.9. The number of hydrogen-bond donors (Lipinski definition) is 2. The van der Waals surface area contributed by atoms with Crippen molar-refractivity contribution in [2.45, 2.75) is 13.3 Å². The first-order valence-corrected chi connectivity index (χ1v) is 5.91. The summed E-state index contributed by atoms with van der Waals surface area (Å²) in [6.45, 7) is 2.75. The molecule has 0 radical (unpaired) electrons. The van der Waals surface area contributed by atoms with Crippen LogP contribution >= 0.6 is 15.9 Å². The Balaban J connectivity index is 2.46. The normalized spacial score (nSPS) is 10.7. The predicted octanol–water partition coefficient (Wildman–Crippen LogP) is 1.55. The number of hydrogen-bond acceptors (Lipinski definition) is 4. The molecule has 0 atom stereocenters. The van der Waals surface area contributed by atoms with Crippen LogP contribution < -0.4 is 5.32 Å². The van der Waals surface area contributed by atoms with Crippen LogP contribution in [0.15, 0.2) is 16.7 Å². The van der Waals surface area contributed by atoms with Crippen molar-refractivity contribution in [2.24, 2.45) is 0 Å². The van der Waals surface area contributed by atoms with Crippen LogP contribution in [0.4, 0.5) is 5.82 Å². The zero-order chi connectivity index (χ0) is 12.4. The number of rotatable bonds is 4. The molecule has 0 unspecified atom stereocenters. The molecule has 0 amide bonds. The number of carboxylic acid groups (broad SMARTS) is 1. The molecule has 2 heterocycles. The van der Waals surface area contributed by atoms with E-state index in [1.807, 2.05) is 13.0 Å². The molecule has 0 aliphatic rings. The summed E-state index contributed by atoms with van der Waals surface area (Å²) >= 11 is 3.31. The van der Waals surface area contributed by atoms with Crippen molar-refractivity contribution in [3.05, 3.63) is 22.4 Å². The second kappa shape index (κ2) is 4.70. The fourth-order valence-electron chi connectivity index (χ4n) is 1.48. The molecule has 17 heavy (non-hydrogen) atoms. The Morgan fingerprint density at radius 2 is 2.35 bits per heavy atom. The Labute approximate surface area is 106 Å². The summed E-state index contributed by atoms with van der Waals surface area (Å²) in [7, 11) is 0. The number of nitrogens with zero attached hydrogens (tertiary/aromatic N) is 3. The number of anilines is 1. The van der Waals surface area contributed by atoms with Gasteiger partial charge in [-0.15, -0.1) is 5.10 Å². The molecule has 0 aliphatic carbocycles. The van der Waals surface area contributed by atoms with E-state index in [-0.39, 0.29) is 6.42 Å². The van der Waals surface area contributed by atoms with Gasteiger partial charge >= 0.3 is 5.97 Å². The molecule has 7 heteroatoms. The summed E-state index contributed by atoms with van der Waals surface area (Å²) in [5.41, 5.74) is 1.09. The van der Waals surface area contributed by atoms with E-state index in [2.05, 4.69) is 31.3 Å². The number of aromatic nitrogens is 3. The Kier molecular flexibility index (Phi) is 3.28. The van der Waals surface area contributed by atoms with E-state index in [1.165, 1.54) is 0 Å². The lowest BCUT2D eigenvalue weighted by atomic mass is 10.3. The van der Waals surface area contributed by atoms with E-state index in [9.17, 15) is 4.79 Å². The molecule has 0 spiro atoms. The number of halogens is 1. The van der Waals surface area contributed by atoms with Crippen molar-refractivity contribution in [3.63, 3.8) is 0 Å². The molecule has 0 saturated heterocycles. The highest BCUT2D eigenvalue weighted by Gasteiger charge is 2.13. The maximum atomic E-state index is 10.7. The molecule has 6 nitrogen and oxygen atoms in total. The van der Waals surface area contributed by atoms with E-state index >= 15 is 0 Å². The molecule has 0 fully saturated rings. The van der Waals surface area contributed by atoms with Gasteiger partial charge in [0, 0.05) is 6.54 Å². The summed E-state index contributed by atoms with van der Waals surface area (Å²) < 4.78 is 2.16. The first-order valence-electron chi connectivity index (χ1n) is 5.11. The van der Waals surface area contributed by atoms with E-state index in [4.69, 9.17) is 5.11 Å². The van der Waals surface area contributed by atoms with E-state index < -0.39 is 5.97 Å². The monoisotopic (exact) mass is 298 g/mol. The zero-order valence-corrected chi connectivity index (χ0v) is 10.7. The minimum Gasteiger partial charge on any atom is -0.481 e. The van der Waals surface area contributed by atoms with Crippen molar-refractivity contribution < 1.29 is 9.90 Å². The van der Waals surface area contributed by atoms with Crippen molar-refractivity contribution in [1.82, 2.24) is 14.6 Å². The van der Waals surface area contributed by atoms with Crippen LogP contribution in [0.5, 0.6) is 0 Å². The van der Waals surface area contributed by atoms with E-state index in [1.54, 1.807) is 10.6 Å². The number of carbonyl (C=O) groups is 1. The molecule has 0 aromatic carbocycles. The number of imidazole rings is 1. The molecule has 2 aromatic heterocycles. The predicted molar refractivity (Wildman–Crippen MR) is 66.2 cm³/mol. The number of fused-ring (bicyclic) bond motifs is 1. The van der Waals surface area contributed by atoms with Crippen molar-refractivity contribution in [2.75, 3.05) is 11.9 Å². The van der Waals surface area contributed by atoms with Crippen molar-refractivity contribution in [1.29, 1.82) is 0 Å². The van der Waals surface area contributed by atoms with Crippen LogP contribution in [-0.4, -0.2) is 32.2 Å². The van der Waals surface area contributed by atoms with Gasteiger partial charge in [0.25, 0.3) is 0 Å². The van der Waals surface area contributed by atoms with Gasteiger partial charge in [-0.05, 0) is 35.0 Å². The lowest BCUT2D eigenvalue weighted by molar-refractivity contribution is -0.136. The quantitative estimate of drug-likeness (QED) is 0.895. The summed E-state index contributed by atoms with van der Waals surface area (Å²) in [6.07, 6.45) is -0.125. The van der Waals surface area contributed by atoms with Crippen LogP contribution in [-0.2, 0) is 11.2 Å². The first kappa shape index (κ1) is 11.8. The second-order valence-electron chi connectivity index (χ2n) is 3.44. The van der Waals surface area contributed by atoms with Gasteiger partial charge in [0.1, 0.15) is 10.4 Å². The fraction of sp³-hybridized carbons (Fsp3) is 0.300. The lowest BCUT2D eigenvalue weighted by Crippen LogP contribution is -2.03. The molecular formula is C10H11BrN4O2. The molecule has 0 saturated carbocycles. The summed E-state index contributed by atoms with van der Waals surface area (Å²) in [5, 5.41) is 16.1. The highest BCUT2D eigenvalue weighted by molar-refractivity contribution is 9.10. The lowest BCUT2D eigenvalue weighted by Gasteiger charge is -2.02. The van der Waals surface area contributed by atoms with Crippen molar-refractivity contribution >= 4 is 33.4 Å². The minimum atomic E-state index is -0.916. The second-order valence-corrected chi connectivity index (χ2v) is 4.19. The van der Waals surface area contributed by atoms with Crippen LogP contribution in [0.25, 0.3) is 5.65 Å². The van der Waals surface area contributed by atoms with Gasteiger partial charge in [-0.2, -0.15) is 0 Å². The number of aliphatic carboxylic acids is 1. The third-order valence-electron chi connectivity index (χ3n) is 2.17. The maximum absolute atomic E-state index is 10.7. The maximum Gasteiger partial charge on any atom is 0.309 e. The fourth-order valence-corrected chi connectivity index (χ4v) is 1.97. The van der Waals surface area contributed by atoms with Crippen LogP contribution in [0.1, 0.15) is 12.6 Å². The van der Waals surface area contributed by atoms with Gasteiger partial charge in [0.15, 0.2) is 5.65 Å². The molecule has 2 N–H and O–H groups in total. The molecule has 90 valence electrons. The standard InChI is InChI=1S/C10H11BrN4O2/c1-2-12-7-3-4-8-13-6(5-9(16)17)10(11)15(8)14-7/h3-4H,2,5H2,1H3,(H,12,14)(H,16,17). The smallest absolute Gasteiger partial charge is 0.309 e. The topological polar surface area (TPSA) is 79.5 Å². The Hall–Kier alpha value is -1.63. The Bertz CT molecular complexity index is 567. The summed E-state index contributed by atoms with van der Waals surface area (Å²) in [6, 6.07) is 3.60. The highest BCUT2D eigenvalue weighted by Crippen LogP contribution is 2.19. The first-order chi connectivity index (χ1) is 8.11. The van der Waals surface area contributed by atoms with Crippen LogP contribution in [0, 0.1) is 0 Å². The van der Waals surface area contributed by atoms with E-state index in [0.717, 1.165) is 12.4 Å². The molecule has 0 bridgehead atoms. The third kappa shape index (κ3) is 2.38. The van der Waals surface area contributed by atoms with Gasteiger partial charge in [-0.25, -0.2) is 9.50 Å². The van der Waals surface area contributed by atoms with Gasteiger partial charge in [-0.1, -0.05) is 0 Å². The Morgan fingerprint density at radius 1 is 1.59 bits per heavy atom. The molecular weight excluding hydrogens is 288 g/mol. The SMILES string of the molecule is CCNc1ccc2nc(CC(=O)O)c(Br)n2n1. The Morgan fingerprint density at radius 3 is 3.00 bits per heavy atom. The van der Waals surface area contributed by atoms with Crippen molar-refractivity contribution in [3.8, 4) is 0 Å². The largest absolute Gasteiger partial charge is 0.481 e. The van der Waals surface area contributed by atoms with Crippen LogP contribution in [0.3, 0.4) is 0 Å². The average molecular weight is 299 g/mol. The minimum absolute atomic E-state index is 0.125.